The van der Waals surface area contributed by atoms with E-state index in [2.05, 4.69) is 10.2 Å². The van der Waals surface area contributed by atoms with Gasteiger partial charge in [0.1, 0.15) is 11.6 Å². The van der Waals surface area contributed by atoms with Gasteiger partial charge in [-0.05, 0) is 35.9 Å². The summed E-state index contributed by atoms with van der Waals surface area (Å²) in [5.41, 5.74) is 1.52. The van der Waals surface area contributed by atoms with Crippen LogP contribution in [-0.4, -0.2) is 50.8 Å². The topological polar surface area (TPSA) is 50.8 Å². The molecule has 1 saturated heterocycles. The van der Waals surface area contributed by atoms with Crippen LogP contribution in [0, 0.1) is 5.82 Å². The fraction of sp³-hybridized carbons (Fsp3) is 0.350. The maximum absolute atomic E-state index is 13.3. The Morgan fingerprint density at radius 1 is 1.23 bits per heavy atom. The summed E-state index contributed by atoms with van der Waals surface area (Å²) in [4.78, 5) is 14.8. The van der Waals surface area contributed by atoms with Crippen molar-refractivity contribution in [3.63, 3.8) is 0 Å². The van der Waals surface area contributed by atoms with E-state index >= 15 is 0 Å². The van der Waals surface area contributed by atoms with E-state index in [0.717, 1.165) is 18.7 Å². The average molecular weight is 358 g/mol. The Bertz CT molecular complexity index is 730. The van der Waals surface area contributed by atoms with Crippen molar-refractivity contribution < 1.29 is 18.7 Å². The lowest BCUT2D eigenvalue weighted by Crippen LogP contribution is -2.43. The van der Waals surface area contributed by atoms with Crippen LogP contribution < -0.4 is 10.1 Å². The summed E-state index contributed by atoms with van der Waals surface area (Å²) < 4.78 is 23.9. The molecule has 0 saturated carbocycles. The second-order valence-electron chi connectivity index (χ2n) is 6.16. The van der Waals surface area contributed by atoms with E-state index in [4.69, 9.17) is 9.47 Å². The molecule has 6 heteroatoms. The summed E-state index contributed by atoms with van der Waals surface area (Å²) in [7, 11) is 1.57. The minimum Gasteiger partial charge on any atom is -0.497 e. The number of carbonyl (C=O) groups is 1. The van der Waals surface area contributed by atoms with Crippen molar-refractivity contribution in [2.45, 2.75) is 6.04 Å². The first kappa shape index (κ1) is 18.4. The number of ether oxygens (including phenoxy) is 2. The predicted molar refractivity (Wildman–Crippen MR) is 96.9 cm³/mol. The molecule has 26 heavy (non-hydrogen) atoms. The fourth-order valence-corrected chi connectivity index (χ4v) is 3.09. The van der Waals surface area contributed by atoms with Crippen molar-refractivity contribution in [1.82, 2.24) is 10.2 Å². The number of hydrogen-bond donors (Lipinski definition) is 1. The SMILES string of the molecule is COc1cccc(C(=O)NC[C@H](c2ccc(F)cc2)N2CCOCC2)c1. The number of rotatable bonds is 6. The zero-order valence-electron chi connectivity index (χ0n) is 14.8. The van der Waals surface area contributed by atoms with E-state index < -0.39 is 0 Å². The molecule has 2 aromatic carbocycles. The molecule has 1 fully saturated rings. The van der Waals surface area contributed by atoms with E-state index in [0.29, 0.717) is 31.1 Å². The van der Waals surface area contributed by atoms with E-state index in [-0.39, 0.29) is 17.8 Å². The van der Waals surface area contributed by atoms with Gasteiger partial charge in [0.05, 0.1) is 26.4 Å². The van der Waals surface area contributed by atoms with Gasteiger partial charge in [-0.25, -0.2) is 4.39 Å². The highest BCUT2D eigenvalue weighted by Gasteiger charge is 2.23. The van der Waals surface area contributed by atoms with E-state index in [1.54, 1.807) is 43.5 Å². The van der Waals surface area contributed by atoms with Gasteiger partial charge in [0, 0.05) is 25.2 Å². The van der Waals surface area contributed by atoms with E-state index in [9.17, 15) is 9.18 Å². The third-order valence-electron chi connectivity index (χ3n) is 4.53. The Hall–Kier alpha value is -2.44. The van der Waals surface area contributed by atoms with Crippen LogP contribution >= 0.6 is 0 Å². The second kappa shape index (κ2) is 8.78. The van der Waals surface area contributed by atoms with Gasteiger partial charge in [0.25, 0.3) is 5.91 Å². The van der Waals surface area contributed by atoms with Gasteiger partial charge in [0.15, 0.2) is 0 Å². The Labute approximate surface area is 152 Å². The van der Waals surface area contributed by atoms with Crippen LogP contribution in [0.2, 0.25) is 0 Å². The summed E-state index contributed by atoms with van der Waals surface area (Å²) in [6.45, 7) is 3.29. The lowest BCUT2D eigenvalue weighted by molar-refractivity contribution is 0.0162. The molecule has 0 aliphatic carbocycles. The number of carbonyl (C=O) groups excluding carboxylic acids is 1. The third-order valence-corrected chi connectivity index (χ3v) is 4.53. The Morgan fingerprint density at radius 2 is 1.96 bits per heavy atom. The molecule has 3 rings (SSSR count). The van der Waals surface area contributed by atoms with Crippen LogP contribution in [-0.2, 0) is 4.74 Å². The Morgan fingerprint density at radius 3 is 2.65 bits per heavy atom. The van der Waals surface area contributed by atoms with Gasteiger partial charge in [-0.1, -0.05) is 18.2 Å². The number of halogens is 1. The van der Waals surface area contributed by atoms with Gasteiger partial charge in [-0.2, -0.15) is 0 Å². The third kappa shape index (κ3) is 4.59. The molecule has 138 valence electrons. The highest BCUT2D eigenvalue weighted by molar-refractivity contribution is 5.94. The summed E-state index contributed by atoms with van der Waals surface area (Å²) in [5.74, 6) is 0.208. The fourth-order valence-electron chi connectivity index (χ4n) is 3.09. The molecular formula is C20H23FN2O3. The maximum atomic E-state index is 13.3. The normalized spacial score (nSPS) is 16.1. The molecule has 1 aliphatic heterocycles. The molecule has 0 unspecified atom stereocenters. The summed E-state index contributed by atoms with van der Waals surface area (Å²) in [6.07, 6.45) is 0. The van der Waals surface area contributed by atoms with Crippen molar-refractivity contribution in [1.29, 1.82) is 0 Å². The summed E-state index contributed by atoms with van der Waals surface area (Å²) in [6, 6.07) is 13.4. The number of benzene rings is 2. The molecule has 1 N–H and O–H groups in total. The first-order valence-electron chi connectivity index (χ1n) is 8.67. The molecule has 1 atom stereocenters. The van der Waals surface area contributed by atoms with Crippen molar-refractivity contribution in [2.24, 2.45) is 0 Å². The van der Waals surface area contributed by atoms with Crippen molar-refractivity contribution in [3.05, 3.63) is 65.5 Å². The average Bonchev–Trinajstić information content (AvgIpc) is 2.70. The van der Waals surface area contributed by atoms with Crippen LogP contribution in [0.5, 0.6) is 5.75 Å². The quantitative estimate of drug-likeness (QED) is 0.863. The Kier molecular flexibility index (Phi) is 6.20. The first-order valence-corrected chi connectivity index (χ1v) is 8.67. The standard InChI is InChI=1S/C20H23FN2O3/c1-25-18-4-2-3-16(13-18)20(24)22-14-19(23-9-11-26-12-10-23)15-5-7-17(21)8-6-15/h2-8,13,19H,9-12,14H2,1H3,(H,22,24)/t19-/m1/s1. The van der Waals surface area contributed by atoms with Crippen molar-refractivity contribution >= 4 is 5.91 Å². The molecule has 0 spiro atoms. The van der Waals surface area contributed by atoms with Crippen molar-refractivity contribution in [3.8, 4) is 5.75 Å². The molecule has 5 nitrogen and oxygen atoms in total. The zero-order chi connectivity index (χ0) is 18.4. The number of nitrogens with zero attached hydrogens (tertiary/aromatic N) is 1. The Balaban J connectivity index is 1.72. The largest absolute Gasteiger partial charge is 0.497 e. The monoisotopic (exact) mass is 358 g/mol. The highest BCUT2D eigenvalue weighted by atomic mass is 19.1. The van der Waals surface area contributed by atoms with Crippen LogP contribution in [0.4, 0.5) is 4.39 Å². The van der Waals surface area contributed by atoms with Crippen LogP contribution in [0.1, 0.15) is 22.0 Å². The van der Waals surface area contributed by atoms with Crippen LogP contribution in [0.25, 0.3) is 0 Å². The number of morpholine rings is 1. The molecule has 1 aliphatic rings. The maximum Gasteiger partial charge on any atom is 0.251 e. The molecular weight excluding hydrogens is 335 g/mol. The minimum atomic E-state index is -0.269. The minimum absolute atomic E-state index is 0.0333. The molecule has 0 bridgehead atoms. The molecule has 0 aromatic heterocycles. The number of amides is 1. The lowest BCUT2D eigenvalue weighted by atomic mass is 10.0. The number of nitrogens with one attached hydrogen (secondary N) is 1. The second-order valence-corrected chi connectivity index (χ2v) is 6.16. The number of hydrogen-bond acceptors (Lipinski definition) is 4. The molecule has 1 amide bonds. The summed E-state index contributed by atoms with van der Waals surface area (Å²) >= 11 is 0. The summed E-state index contributed by atoms with van der Waals surface area (Å²) in [5, 5.41) is 2.99. The van der Waals surface area contributed by atoms with Crippen molar-refractivity contribution in [2.75, 3.05) is 40.0 Å². The van der Waals surface area contributed by atoms with Crippen LogP contribution in [0.15, 0.2) is 48.5 Å². The predicted octanol–water partition coefficient (Wildman–Crippen LogP) is 2.64. The zero-order valence-corrected chi connectivity index (χ0v) is 14.8. The molecule has 2 aromatic rings. The lowest BCUT2D eigenvalue weighted by Gasteiger charge is -2.35. The molecule has 1 heterocycles. The first-order chi connectivity index (χ1) is 12.7. The smallest absolute Gasteiger partial charge is 0.251 e. The van der Waals surface area contributed by atoms with Gasteiger partial charge < -0.3 is 14.8 Å². The van der Waals surface area contributed by atoms with Gasteiger partial charge >= 0.3 is 0 Å². The van der Waals surface area contributed by atoms with E-state index in [1.165, 1.54) is 12.1 Å². The van der Waals surface area contributed by atoms with Crippen LogP contribution in [0.3, 0.4) is 0 Å². The highest BCUT2D eigenvalue weighted by Crippen LogP contribution is 2.22. The van der Waals surface area contributed by atoms with E-state index in [1.807, 2.05) is 0 Å². The van der Waals surface area contributed by atoms with Gasteiger partial charge in [-0.3, -0.25) is 9.69 Å². The van der Waals surface area contributed by atoms with Gasteiger partial charge in [-0.15, -0.1) is 0 Å². The van der Waals surface area contributed by atoms with Gasteiger partial charge in [0.2, 0.25) is 0 Å². The number of methoxy groups -OCH3 is 1. The molecule has 0 radical (unpaired) electrons.